The van der Waals surface area contributed by atoms with Crippen LogP contribution in [0.5, 0.6) is 11.5 Å². The topological polar surface area (TPSA) is 94.5 Å². The lowest BCUT2D eigenvalue weighted by molar-refractivity contribution is -0.121. The molecule has 0 radical (unpaired) electrons. The van der Waals surface area contributed by atoms with Crippen LogP contribution in [0.15, 0.2) is 42.5 Å². The second-order valence-electron chi connectivity index (χ2n) is 7.33. The molecule has 8 nitrogen and oxygen atoms in total. The highest BCUT2D eigenvalue weighted by atomic mass is 16.5. The van der Waals surface area contributed by atoms with Gasteiger partial charge in [-0.2, -0.15) is 0 Å². The monoisotopic (exact) mass is 410 g/mol. The van der Waals surface area contributed by atoms with Gasteiger partial charge in [-0.1, -0.05) is 26.0 Å². The molecule has 30 heavy (non-hydrogen) atoms. The molecule has 158 valence electrons. The number of ether oxygens (including phenoxy) is 2. The minimum Gasteiger partial charge on any atom is -0.493 e. The molecule has 0 aliphatic heterocycles. The first-order valence-corrected chi connectivity index (χ1v) is 9.69. The van der Waals surface area contributed by atoms with E-state index in [9.17, 15) is 9.59 Å². The first-order chi connectivity index (χ1) is 14.4. The minimum absolute atomic E-state index is 0.0385. The average molecular weight is 410 g/mol. The van der Waals surface area contributed by atoms with Gasteiger partial charge in [-0.15, -0.1) is 0 Å². The third-order valence-corrected chi connectivity index (χ3v) is 4.51. The molecular formula is C22H26N4O4. The van der Waals surface area contributed by atoms with Gasteiger partial charge >= 0.3 is 0 Å². The average Bonchev–Trinajstić information content (AvgIpc) is 3.05. The van der Waals surface area contributed by atoms with Crippen molar-refractivity contribution in [2.75, 3.05) is 13.7 Å². The van der Waals surface area contributed by atoms with E-state index in [1.165, 1.54) is 7.11 Å². The fraction of sp³-hybridized carbons (Fsp3) is 0.318. The molecule has 1 heterocycles. The lowest BCUT2D eigenvalue weighted by Crippen LogP contribution is -2.42. The Labute approximate surface area is 175 Å². The second-order valence-corrected chi connectivity index (χ2v) is 7.33. The van der Waals surface area contributed by atoms with E-state index in [0.29, 0.717) is 35.4 Å². The Hall–Kier alpha value is -3.55. The van der Waals surface area contributed by atoms with E-state index >= 15 is 0 Å². The van der Waals surface area contributed by atoms with E-state index < -0.39 is 5.91 Å². The third-order valence-electron chi connectivity index (χ3n) is 4.51. The quantitative estimate of drug-likeness (QED) is 0.584. The third kappa shape index (κ3) is 4.89. The summed E-state index contributed by atoms with van der Waals surface area (Å²) in [5.41, 5.74) is 6.95. The van der Waals surface area contributed by atoms with Crippen LogP contribution in [0.3, 0.4) is 0 Å². The molecular weight excluding hydrogens is 384 g/mol. The van der Waals surface area contributed by atoms with Gasteiger partial charge in [0.1, 0.15) is 5.82 Å². The molecule has 0 spiro atoms. The predicted octanol–water partition coefficient (Wildman–Crippen LogP) is 2.62. The number of imidazole rings is 1. The van der Waals surface area contributed by atoms with Gasteiger partial charge in [-0.3, -0.25) is 20.4 Å². The number of nitrogens with zero attached hydrogens (tertiary/aromatic N) is 2. The van der Waals surface area contributed by atoms with Crippen molar-refractivity contribution in [1.29, 1.82) is 0 Å². The van der Waals surface area contributed by atoms with Crippen molar-refractivity contribution in [2.24, 2.45) is 13.0 Å². The summed E-state index contributed by atoms with van der Waals surface area (Å²) < 4.78 is 12.9. The Bertz CT molecular complexity index is 1060. The highest BCUT2D eigenvalue weighted by Gasteiger charge is 2.15. The van der Waals surface area contributed by atoms with Crippen LogP contribution in [0.1, 0.15) is 30.0 Å². The largest absolute Gasteiger partial charge is 0.493 e. The predicted molar refractivity (Wildman–Crippen MR) is 113 cm³/mol. The molecule has 3 rings (SSSR count). The Balaban J connectivity index is 1.60. The van der Waals surface area contributed by atoms with Crippen LogP contribution in [0, 0.1) is 5.92 Å². The Kier molecular flexibility index (Phi) is 6.56. The molecule has 0 atom stereocenters. The fourth-order valence-electron chi connectivity index (χ4n) is 2.92. The summed E-state index contributed by atoms with van der Waals surface area (Å²) >= 11 is 0. The molecule has 2 aromatic carbocycles. The van der Waals surface area contributed by atoms with Crippen molar-refractivity contribution < 1.29 is 19.1 Å². The molecule has 3 aromatic rings. The van der Waals surface area contributed by atoms with Gasteiger partial charge in [0.25, 0.3) is 5.91 Å². The summed E-state index contributed by atoms with van der Waals surface area (Å²) in [4.78, 5) is 29.2. The van der Waals surface area contributed by atoms with Gasteiger partial charge in [0.15, 0.2) is 11.5 Å². The molecule has 2 amide bonds. The summed E-state index contributed by atoms with van der Waals surface area (Å²) in [7, 11) is 3.36. The van der Waals surface area contributed by atoms with Gasteiger partial charge in [-0.25, -0.2) is 4.98 Å². The molecule has 0 saturated heterocycles. The Morgan fingerprint density at radius 3 is 2.57 bits per heavy atom. The van der Waals surface area contributed by atoms with E-state index in [-0.39, 0.29) is 12.3 Å². The van der Waals surface area contributed by atoms with Crippen LogP contribution in [0.4, 0.5) is 0 Å². The maximum absolute atomic E-state index is 12.4. The molecule has 1 aromatic heterocycles. The molecule has 0 aliphatic rings. The number of methoxy groups -OCH3 is 1. The molecule has 0 unspecified atom stereocenters. The first-order valence-electron chi connectivity index (χ1n) is 9.69. The van der Waals surface area contributed by atoms with Crippen molar-refractivity contribution in [3.8, 4) is 11.5 Å². The van der Waals surface area contributed by atoms with E-state index in [0.717, 1.165) is 11.0 Å². The number of nitrogens with one attached hydrogen (secondary N) is 2. The number of hydrogen-bond acceptors (Lipinski definition) is 5. The van der Waals surface area contributed by atoms with E-state index in [2.05, 4.69) is 15.8 Å². The van der Waals surface area contributed by atoms with Gasteiger partial charge in [0.05, 0.1) is 31.2 Å². The van der Waals surface area contributed by atoms with Crippen LogP contribution < -0.4 is 20.3 Å². The van der Waals surface area contributed by atoms with Gasteiger partial charge < -0.3 is 14.0 Å². The second kappa shape index (κ2) is 9.30. The summed E-state index contributed by atoms with van der Waals surface area (Å²) in [6, 6.07) is 12.5. The van der Waals surface area contributed by atoms with Crippen LogP contribution in [-0.2, 0) is 18.3 Å². The summed E-state index contributed by atoms with van der Waals surface area (Å²) in [6.45, 7) is 4.63. The molecule has 0 saturated carbocycles. The highest BCUT2D eigenvalue weighted by molar-refractivity contribution is 5.96. The van der Waals surface area contributed by atoms with Crippen molar-refractivity contribution >= 4 is 22.8 Å². The van der Waals surface area contributed by atoms with Crippen molar-refractivity contribution in [2.45, 2.75) is 20.3 Å². The zero-order chi connectivity index (χ0) is 21.7. The number of amides is 2. The number of aromatic nitrogens is 2. The van der Waals surface area contributed by atoms with E-state index in [4.69, 9.17) is 9.47 Å². The Morgan fingerprint density at radius 1 is 1.10 bits per heavy atom. The summed E-state index contributed by atoms with van der Waals surface area (Å²) in [6.07, 6.45) is 0.0385. The van der Waals surface area contributed by atoms with Crippen LogP contribution in [-0.4, -0.2) is 35.1 Å². The number of hydrazine groups is 1. The minimum atomic E-state index is -0.456. The number of carbonyl (C=O) groups is 2. The summed E-state index contributed by atoms with van der Waals surface area (Å²) in [5, 5.41) is 0. The highest BCUT2D eigenvalue weighted by Crippen LogP contribution is 2.28. The SMILES string of the molecule is COc1cc(C(=O)NNC(=O)Cc2nc3ccccc3n2C)ccc1OCC(C)C. The maximum Gasteiger partial charge on any atom is 0.269 e. The first kappa shape index (κ1) is 21.2. The molecule has 0 aliphatic carbocycles. The standard InChI is InChI=1S/C22H26N4O4/c1-14(2)13-30-18-10-9-15(11-19(18)29-4)22(28)25-24-21(27)12-20-23-16-7-5-6-8-17(16)26(20)3/h5-11,14H,12-13H2,1-4H3,(H,24,27)(H,25,28). The van der Waals surface area contributed by atoms with Crippen molar-refractivity contribution in [3.05, 3.63) is 53.9 Å². The number of benzene rings is 2. The number of carbonyl (C=O) groups excluding carboxylic acids is 2. The van der Waals surface area contributed by atoms with Gasteiger partial charge in [0, 0.05) is 12.6 Å². The lowest BCUT2D eigenvalue weighted by Gasteiger charge is -2.14. The molecule has 0 fully saturated rings. The molecule has 0 bridgehead atoms. The molecule has 8 heteroatoms. The number of para-hydroxylation sites is 2. The maximum atomic E-state index is 12.4. The smallest absolute Gasteiger partial charge is 0.269 e. The van der Waals surface area contributed by atoms with E-state index in [1.54, 1.807) is 18.2 Å². The van der Waals surface area contributed by atoms with E-state index in [1.807, 2.05) is 49.7 Å². The number of fused-ring (bicyclic) bond motifs is 1. The molecule has 2 N–H and O–H groups in total. The van der Waals surface area contributed by atoms with Crippen molar-refractivity contribution in [1.82, 2.24) is 20.4 Å². The number of hydrogen-bond donors (Lipinski definition) is 2. The lowest BCUT2D eigenvalue weighted by atomic mass is 10.2. The number of rotatable bonds is 7. The number of aryl methyl sites for hydroxylation is 1. The van der Waals surface area contributed by atoms with Crippen molar-refractivity contribution in [3.63, 3.8) is 0 Å². The van der Waals surface area contributed by atoms with Gasteiger partial charge in [0.2, 0.25) is 5.91 Å². The zero-order valence-electron chi connectivity index (χ0n) is 17.6. The van der Waals surface area contributed by atoms with Crippen LogP contribution in [0.25, 0.3) is 11.0 Å². The van der Waals surface area contributed by atoms with Gasteiger partial charge in [-0.05, 0) is 36.2 Å². The fourth-order valence-corrected chi connectivity index (χ4v) is 2.92. The van der Waals surface area contributed by atoms with Crippen LogP contribution in [0.2, 0.25) is 0 Å². The summed E-state index contributed by atoms with van der Waals surface area (Å²) in [5.74, 6) is 1.16. The normalized spacial score (nSPS) is 10.8. The van der Waals surface area contributed by atoms with Crippen LogP contribution >= 0.6 is 0 Å². The zero-order valence-corrected chi connectivity index (χ0v) is 17.6. The Morgan fingerprint density at radius 2 is 1.87 bits per heavy atom.